The zero-order valence-electron chi connectivity index (χ0n) is 15.4. The summed E-state index contributed by atoms with van der Waals surface area (Å²) in [5, 5.41) is 0. The van der Waals surface area contributed by atoms with Gasteiger partial charge in [-0.1, -0.05) is 0 Å². The third kappa shape index (κ3) is 3.61. The van der Waals surface area contributed by atoms with Gasteiger partial charge in [-0.05, 0) is 0 Å². The minimum Gasteiger partial charge on any atom is -0.147 e. The van der Waals surface area contributed by atoms with Crippen LogP contribution in [0.4, 0.5) is 0 Å². The normalized spacial score (nSPS) is 16.3. The molecule has 2 aliphatic carbocycles. The Hall–Kier alpha value is -0.817. The minimum atomic E-state index is -1.88. The van der Waals surface area contributed by atoms with Gasteiger partial charge in [-0.15, -0.1) is 24.8 Å². The van der Waals surface area contributed by atoms with Crippen LogP contribution in [0, 0.1) is 0 Å². The van der Waals surface area contributed by atoms with Gasteiger partial charge in [0.2, 0.25) is 0 Å². The van der Waals surface area contributed by atoms with Crippen LogP contribution < -0.4 is 4.74 Å². The van der Waals surface area contributed by atoms with E-state index in [4.69, 9.17) is 4.74 Å². The standard InChI is InChI=1S/C14H11O.C5H5.C3H7.2ClH.Zr/c1-15-12-6-7-14-11(9-12)8-10-4-2-3-5-13(10)14;1-2-4-5-3-1;1-3-2;;;/h2-9H,1H3;1-3H,4H2;3H,1-2H3;2*1H;. The zero-order valence-corrected chi connectivity index (χ0v) is 19.5. The average molecular weight is 468 g/mol. The van der Waals surface area contributed by atoms with Crippen LogP contribution in [-0.4, -0.2) is 7.11 Å². The van der Waals surface area contributed by atoms with Crippen LogP contribution in [0.2, 0.25) is 3.63 Å². The molecule has 26 heavy (non-hydrogen) atoms. The molecule has 0 fully saturated rings. The summed E-state index contributed by atoms with van der Waals surface area (Å²) in [5.41, 5.74) is 5.91. The summed E-state index contributed by atoms with van der Waals surface area (Å²) in [6, 6.07) is 15.7. The summed E-state index contributed by atoms with van der Waals surface area (Å²) < 4.78 is 8.70. The largest absolute Gasteiger partial charge is 0.147 e. The van der Waals surface area contributed by atoms with Crippen molar-refractivity contribution in [2.75, 3.05) is 7.11 Å². The molecular formula is C22H25Cl2OZr. The fourth-order valence-corrected chi connectivity index (χ4v) is 13.0. The van der Waals surface area contributed by atoms with E-state index in [0.29, 0.717) is 3.63 Å². The summed E-state index contributed by atoms with van der Waals surface area (Å²) in [6.07, 6.45) is 8.16. The molecule has 2 aromatic carbocycles. The molecule has 4 rings (SSSR count). The first kappa shape index (κ1) is 21.5. The van der Waals surface area contributed by atoms with Crippen LogP contribution in [0.3, 0.4) is 0 Å². The number of hydrogen-bond donors (Lipinski definition) is 0. The Labute approximate surface area is 177 Å². The Kier molecular flexibility index (Phi) is 7.37. The van der Waals surface area contributed by atoms with Gasteiger partial charge in [-0.25, -0.2) is 0 Å². The van der Waals surface area contributed by atoms with E-state index < -0.39 is 21.8 Å². The molecule has 0 saturated carbocycles. The van der Waals surface area contributed by atoms with Gasteiger partial charge < -0.3 is 0 Å². The minimum absolute atomic E-state index is 0. The van der Waals surface area contributed by atoms with Crippen molar-refractivity contribution >= 4 is 24.8 Å². The monoisotopic (exact) mass is 465 g/mol. The summed E-state index contributed by atoms with van der Waals surface area (Å²) in [7, 11) is 1.77. The number of fused-ring (bicyclic) bond motifs is 3. The molecule has 1 atom stereocenters. The van der Waals surface area contributed by atoms with Gasteiger partial charge in [0.25, 0.3) is 0 Å². The fourth-order valence-electron chi connectivity index (χ4n) is 4.20. The maximum atomic E-state index is 5.55. The van der Waals surface area contributed by atoms with Crippen LogP contribution in [0.15, 0.2) is 64.0 Å². The quantitative estimate of drug-likeness (QED) is 0.475. The molecule has 0 aromatic heterocycles. The number of benzene rings is 2. The Bertz CT molecular complexity index is 842. The van der Waals surface area contributed by atoms with Gasteiger partial charge in [-0.3, -0.25) is 0 Å². The Balaban J connectivity index is 0.00000121. The van der Waals surface area contributed by atoms with E-state index in [0.717, 1.165) is 9.38 Å². The zero-order chi connectivity index (χ0) is 16.7. The molecule has 137 valence electrons. The molecule has 0 bridgehead atoms. The molecule has 0 heterocycles. The van der Waals surface area contributed by atoms with Crippen LogP contribution in [0.25, 0.3) is 11.1 Å². The fraction of sp³-hybridized carbons (Fsp3) is 0.273. The van der Waals surface area contributed by atoms with Gasteiger partial charge >= 0.3 is 153 Å². The number of rotatable bonds is 4. The second kappa shape index (κ2) is 8.91. The van der Waals surface area contributed by atoms with Crippen molar-refractivity contribution in [1.29, 1.82) is 0 Å². The average Bonchev–Trinajstić information content (AvgIpc) is 3.22. The van der Waals surface area contributed by atoms with Gasteiger partial charge in [0.15, 0.2) is 0 Å². The predicted octanol–water partition coefficient (Wildman–Crippen LogP) is 6.90. The van der Waals surface area contributed by atoms with Crippen molar-refractivity contribution in [3.8, 4) is 16.9 Å². The van der Waals surface area contributed by atoms with Crippen LogP contribution >= 0.6 is 24.8 Å². The molecule has 4 heteroatoms. The van der Waals surface area contributed by atoms with Crippen molar-refractivity contribution in [1.82, 2.24) is 0 Å². The molecule has 1 unspecified atom stereocenters. The number of allylic oxidation sites excluding steroid dienone is 4. The Morgan fingerprint density at radius 3 is 2.38 bits per heavy atom. The van der Waals surface area contributed by atoms with E-state index in [-0.39, 0.29) is 24.8 Å². The smallest absolute Gasteiger partial charge is 0.147 e. The van der Waals surface area contributed by atoms with Crippen LogP contribution in [-0.2, 0) is 21.8 Å². The topological polar surface area (TPSA) is 9.23 Å². The van der Waals surface area contributed by atoms with Gasteiger partial charge in [0.05, 0.1) is 0 Å². The Morgan fingerprint density at radius 2 is 1.73 bits per heavy atom. The molecule has 2 aliphatic rings. The summed E-state index contributed by atoms with van der Waals surface area (Å²) in [6.45, 7) is 4.88. The summed E-state index contributed by atoms with van der Waals surface area (Å²) in [5.74, 6) is 0.983. The molecule has 0 aliphatic heterocycles. The third-order valence-corrected chi connectivity index (χ3v) is 14.1. The number of hydrogen-bond acceptors (Lipinski definition) is 1. The SMILES string of the molecule is COc1ccc2c(c1)[CH]([Zr]([C]1=CC=CC1)[CH](C)C)c1ccccc1-2.Cl.Cl. The molecule has 0 amide bonds. The van der Waals surface area contributed by atoms with Crippen molar-refractivity contribution in [3.05, 3.63) is 75.1 Å². The molecular weight excluding hydrogens is 442 g/mol. The van der Waals surface area contributed by atoms with Crippen molar-refractivity contribution < 1.29 is 26.5 Å². The van der Waals surface area contributed by atoms with Crippen molar-refractivity contribution in [2.45, 2.75) is 27.5 Å². The second-order valence-electron chi connectivity index (χ2n) is 6.91. The molecule has 0 radical (unpaired) electrons. The Morgan fingerprint density at radius 1 is 1.00 bits per heavy atom. The number of ether oxygens (including phenoxy) is 1. The molecule has 0 N–H and O–H groups in total. The first-order valence-corrected chi connectivity index (χ1v) is 12.8. The van der Waals surface area contributed by atoms with Crippen LogP contribution in [0.5, 0.6) is 5.75 Å². The van der Waals surface area contributed by atoms with Crippen molar-refractivity contribution in [2.24, 2.45) is 0 Å². The number of halogens is 2. The first-order valence-electron chi connectivity index (χ1n) is 8.70. The van der Waals surface area contributed by atoms with E-state index >= 15 is 0 Å². The molecule has 0 spiro atoms. The van der Waals surface area contributed by atoms with Gasteiger partial charge in [0.1, 0.15) is 0 Å². The van der Waals surface area contributed by atoms with Crippen LogP contribution in [0.1, 0.15) is 35.0 Å². The van der Waals surface area contributed by atoms with E-state index in [1.165, 1.54) is 23.1 Å². The maximum Gasteiger partial charge on any atom is -0.147 e. The van der Waals surface area contributed by atoms with E-state index in [1.807, 2.05) is 0 Å². The first-order chi connectivity index (χ1) is 11.7. The predicted molar refractivity (Wildman–Crippen MR) is 112 cm³/mol. The molecule has 0 saturated heterocycles. The van der Waals surface area contributed by atoms with Gasteiger partial charge in [-0.2, -0.15) is 0 Å². The summed E-state index contributed by atoms with van der Waals surface area (Å²) >= 11 is -1.88. The van der Waals surface area contributed by atoms with Crippen molar-refractivity contribution in [3.63, 3.8) is 0 Å². The van der Waals surface area contributed by atoms with E-state index in [1.54, 1.807) is 16.0 Å². The molecule has 2 aromatic rings. The number of methoxy groups -OCH3 is 1. The van der Waals surface area contributed by atoms with E-state index in [2.05, 4.69) is 74.5 Å². The second-order valence-corrected chi connectivity index (χ2v) is 15.0. The third-order valence-electron chi connectivity index (χ3n) is 5.21. The van der Waals surface area contributed by atoms with Gasteiger partial charge in [0, 0.05) is 0 Å². The maximum absolute atomic E-state index is 5.55. The molecule has 1 nitrogen and oxygen atoms in total. The van der Waals surface area contributed by atoms with E-state index in [9.17, 15) is 0 Å². The summed E-state index contributed by atoms with van der Waals surface area (Å²) in [4.78, 5) is 0.